The van der Waals surface area contributed by atoms with Crippen LogP contribution >= 0.6 is 0 Å². The van der Waals surface area contributed by atoms with Gasteiger partial charge in [0.1, 0.15) is 5.78 Å². The summed E-state index contributed by atoms with van der Waals surface area (Å²) in [5, 5.41) is 0. The molecule has 1 fully saturated rings. The Morgan fingerprint density at radius 1 is 1.58 bits per heavy atom. The van der Waals surface area contributed by atoms with Gasteiger partial charge >= 0.3 is 0 Å². The Kier molecular flexibility index (Phi) is 3.27. The van der Waals surface area contributed by atoms with Gasteiger partial charge in [-0.15, -0.1) is 0 Å². The SMILES string of the molecule is CC(=O)[C@H](N)[C@H](C)CCC1CC1. The highest BCUT2D eigenvalue weighted by molar-refractivity contribution is 5.81. The summed E-state index contributed by atoms with van der Waals surface area (Å²) in [7, 11) is 0. The maximum absolute atomic E-state index is 10.9. The maximum Gasteiger partial charge on any atom is 0.146 e. The van der Waals surface area contributed by atoms with Crippen molar-refractivity contribution in [3.63, 3.8) is 0 Å². The molecule has 0 saturated heterocycles. The van der Waals surface area contributed by atoms with E-state index in [0.29, 0.717) is 5.92 Å². The van der Waals surface area contributed by atoms with Crippen molar-refractivity contribution in [1.29, 1.82) is 0 Å². The molecule has 1 aliphatic carbocycles. The van der Waals surface area contributed by atoms with Crippen LogP contribution < -0.4 is 5.73 Å². The van der Waals surface area contributed by atoms with Crippen LogP contribution in [0.3, 0.4) is 0 Å². The number of ketones is 1. The first-order valence-electron chi connectivity index (χ1n) is 4.87. The highest BCUT2D eigenvalue weighted by Crippen LogP contribution is 2.34. The second kappa shape index (κ2) is 4.04. The zero-order chi connectivity index (χ0) is 9.14. The molecule has 12 heavy (non-hydrogen) atoms. The van der Waals surface area contributed by atoms with Crippen molar-refractivity contribution in [1.82, 2.24) is 0 Å². The molecule has 2 nitrogen and oxygen atoms in total. The van der Waals surface area contributed by atoms with E-state index in [4.69, 9.17) is 5.73 Å². The second-order valence-electron chi connectivity index (χ2n) is 4.13. The molecule has 0 aromatic carbocycles. The van der Waals surface area contributed by atoms with E-state index >= 15 is 0 Å². The van der Waals surface area contributed by atoms with Gasteiger partial charge in [-0.1, -0.05) is 26.2 Å². The Labute approximate surface area is 74.5 Å². The number of Topliss-reactive ketones (excluding diaryl/α,β-unsaturated/α-hetero) is 1. The Hall–Kier alpha value is -0.370. The van der Waals surface area contributed by atoms with Gasteiger partial charge < -0.3 is 5.73 Å². The summed E-state index contributed by atoms with van der Waals surface area (Å²) in [4.78, 5) is 10.9. The molecule has 1 aliphatic rings. The average molecular weight is 169 g/mol. The van der Waals surface area contributed by atoms with Gasteiger partial charge in [0, 0.05) is 0 Å². The van der Waals surface area contributed by atoms with Gasteiger partial charge in [0.05, 0.1) is 6.04 Å². The van der Waals surface area contributed by atoms with Crippen LogP contribution in [-0.2, 0) is 4.79 Å². The molecule has 0 aliphatic heterocycles. The summed E-state index contributed by atoms with van der Waals surface area (Å²) in [6.07, 6.45) is 5.16. The third-order valence-corrected chi connectivity index (χ3v) is 2.81. The molecule has 2 atom stereocenters. The first-order valence-corrected chi connectivity index (χ1v) is 4.87. The van der Waals surface area contributed by atoms with Crippen LogP contribution in [0.25, 0.3) is 0 Å². The van der Waals surface area contributed by atoms with E-state index in [1.807, 2.05) is 0 Å². The number of hydrogen-bond acceptors (Lipinski definition) is 2. The molecule has 0 aromatic rings. The number of carbonyl (C=O) groups excluding carboxylic acids is 1. The topological polar surface area (TPSA) is 43.1 Å². The normalized spacial score (nSPS) is 21.9. The summed E-state index contributed by atoms with van der Waals surface area (Å²) >= 11 is 0. The smallest absolute Gasteiger partial charge is 0.146 e. The molecule has 1 rings (SSSR count). The van der Waals surface area contributed by atoms with Gasteiger partial charge in [-0.25, -0.2) is 0 Å². The Bertz CT molecular complexity index is 163. The van der Waals surface area contributed by atoms with E-state index in [1.54, 1.807) is 6.92 Å². The predicted octanol–water partition coefficient (Wildman–Crippen LogP) is 1.73. The molecule has 1 saturated carbocycles. The fourth-order valence-electron chi connectivity index (χ4n) is 1.49. The molecule has 0 heterocycles. The minimum absolute atomic E-state index is 0.123. The first-order chi connectivity index (χ1) is 5.61. The summed E-state index contributed by atoms with van der Waals surface area (Å²) in [6.45, 7) is 3.66. The van der Waals surface area contributed by atoms with Crippen molar-refractivity contribution in [2.24, 2.45) is 17.6 Å². The quantitative estimate of drug-likeness (QED) is 0.681. The third kappa shape index (κ3) is 2.94. The average Bonchev–Trinajstić information content (AvgIpc) is 2.81. The van der Waals surface area contributed by atoms with Crippen molar-refractivity contribution in [3.8, 4) is 0 Å². The van der Waals surface area contributed by atoms with E-state index in [9.17, 15) is 4.79 Å². The number of carbonyl (C=O) groups is 1. The summed E-state index contributed by atoms with van der Waals surface area (Å²) < 4.78 is 0. The molecular formula is C10H19NO. The summed E-state index contributed by atoms with van der Waals surface area (Å²) in [6, 6.07) is -0.233. The Morgan fingerprint density at radius 3 is 2.58 bits per heavy atom. The first kappa shape index (κ1) is 9.72. The van der Waals surface area contributed by atoms with E-state index in [1.165, 1.54) is 19.3 Å². The number of rotatable bonds is 5. The van der Waals surface area contributed by atoms with Gasteiger partial charge in [-0.2, -0.15) is 0 Å². The van der Waals surface area contributed by atoms with Gasteiger partial charge in [-0.3, -0.25) is 4.79 Å². The molecule has 0 spiro atoms. The molecule has 2 N–H and O–H groups in total. The van der Waals surface area contributed by atoms with Gasteiger partial charge in [0.2, 0.25) is 0 Å². The van der Waals surface area contributed by atoms with Crippen LogP contribution in [0.2, 0.25) is 0 Å². The highest BCUT2D eigenvalue weighted by Gasteiger charge is 2.24. The fraction of sp³-hybridized carbons (Fsp3) is 0.900. The van der Waals surface area contributed by atoms with Crippen LogP contribution in [0.4, 0.5) is 0 Å². The van der Waals surface area contributed by atoms with E-state index < -0.39 is 0 Å². The van der Waals surface area contributed by atoms with Gasteiger partial charge in [0.15, 0.2) is 0 Å². The van der Waals surface area contributed by atoms with Crippen LogP contribution in [0.1, 0.15) is 39.5 Å². The van der Waals surface area contributed by atoms with Gasteiger partial charge in [0.25, 0.3) is 0 Å². The molecule has 0 aromatic heterocycles. The summed E-state index contributed by atoms with van der Waals surface area (Å²) in [5.41, 5.74) is 5.72. The van der Waals surface area contributed by atoms with Crippen molar-refractivity contribution >= 4 is 5.78 Å². The van der Waals surface area contributed by atoms with E-state index in [-0.39, 0.29) is 11.8 Å². The number of nitrogens with two attached hydrogens (primary N) is 1. The lowest BCUT2D eigenvalue weighted by Crippen LogP contribution is -2.35. The standard InChI is InChI=1S/C10H19NO/c1-7(10(11)8(2)12)3-4-9-5-6-9/h7,9-10H,3-6,11H2,1-2H3/t7-,10-/m1/s1. The third-order valence-electron chi connectivity index (χ3n) is 2.81. The van der Waals surface area contributed by atoms with Crippen molar-refractivity contribution in [2.45, 2.75) is 45.6 Å². The predicted molar refractivity (Wildman–Crippen MR) is 49.8 cm³/mol. The fourth-order valence-corrected chi connectivity index (χ4v) is 1.49. The minimum atomic E-state index is -0.233. The zero-order valence-electron chi connectivity index (χ0n) is 8.05. The molecule has 0 radical (unpaired) electrons. The molecule has 0 unspecified atom stereocenters. The zero-order valence-corrected chi connectivity index (χ0v) is 8.05. The van der Waals surface area contributed by atoms with Crippen LogP contribution in [0, 0.1) is 11.8 Å². The maximum atomic E-state index is 10.9. The van der Waals surface area contributed by atoms with Crippen molar-refractivity contribution < 1.29 is 4.79 Å². The molecule has 0 amide bonds. The lowest BCUT2D eigenvalue weighted by atomic mass is 9.94. The second-order valence-corrected chi connectivity index (χ2v) is 4.13. The highest BCUT2D eigenvalue weighted by atomic mass is 16.1. The largest absolute Gasteiger partial charge is 0.321 e. The van der Waals surface area contributed by atoms with Crippen LogP contribution in [0.15, 0.2) is 0 Å². The van der Waals surface area contributed by atoms with Crippen LogP contribution in [-0.4, -0.2) is 11.8 Å². The molecule has 70 valence electrons. The lowest BCUT2D eigenvalue weighted by Gasteiger charge is -2.16. The van der Waals surface area contributed by atoms with Crippen molar-refractivity contribution in [3.05, 3.63) is 0 Å². The Morgan fingerprint density at radius 2 is 2.17 bits per heavy atom. The van der Waals surface area contributed by atoms with Crippen molar-refractivity contribution in [2.75, 3.05) is 0 Å². The monoisotopic (exact) mass is 169 g/mol. The molecule has 0 bridgehead atoms. The minimum Gasteiger partial charge on any atom is -0.321 e. The summed E-state index contributed by atoms with van der Waals surface area (Å²) in [5.74, 6) is 1.44. The molecule has 2 heteroatoms. The lowest BCUT2D eigenvalue weighted by molar-refractivity contribution is -0.119. The van der Waals surface area contributed by atoms with E-state index in [2.05, 4.69) is 6.92 Å². The van der Waals surface area contributed by atoms with Crippen LogP contribution in [0.5, 0.6) is 0 Å². The molecular weight excluding hydrogens is 150 g/mol. The Balaban J connectivity index is 2.16. The van der Waals surface area contributed by atoms with E-state index in [0.717, 1.165) is 12.3 Å². The van der Waals surface area contributed by atoms with Gasteiger partial charge in [-0.05, 0) is 25.2 Å². The number of hydrogen-bond donors (Lipinski definition) is 1.